The summed E-state index contributed by atoms with van der Waals surface area (Å²) in [5.41, 5.74) is -2.56. The molecule has 5 rings (SSSR count). The largest absolute Gasteiger partial charge is 0.416 e. The van der Waals surface area contributed by atoms with Gasteiger partial charge in [0, 0.05) is 31.9 Å². The van der Waals surface area contributed by atoms with Gasteiger partial charge in [-0.2, -0.15) is 26.3 Å². The molecule has 6 nitrogen and oxygen atoms in total. The molecular weight excluding hydrogens is 618 g/mol. The molecule has 1 aliphatic heterocycles. The summed E-state index contributed by atoms with van der Waals surface area (Å²) in [5, 5.41) is 4.64. The molecule has 2 atom stereocenters. The zero-order valence-electron chi connectivity index (χ0n) is 24.8. The highest BCUT2D eigenvalue weighted by Crippen LogP contribution is 2.46. The number of alkyl halides is 6. The van der Waals surface area contributed by atoms with Crippen molar-refractivity contribution in [1.82, 2.24) is 14.8 Å². The molecule has 0 bridgehead atoms. The van der Waals surface area contributed by atoms with E-state index in [9.17, 15) is 35.9 Å². The molecule has 0 spiro atoms. The number of thiazole rings is 1. The number of nitrogens with zero attached hydrogens (tertiary/aromatic N) is 3. The van der Waals surface area contributed by atoms with E-state index in [2.05, 4.69) is 27.3 Å². The Balaban J connectivity index is 1.40. The summed E-state index contributed by atoms with van der Waals surface area (Å²) in [5.74, 6) is -0.326. The van der Waals surface area contributed by atoms with Gasteiger partial charge in [0.2, 0.25) is 11.8 Å². The van der Waals surface area contributed by atoms with Crippen LogP contribution in [0.15, 0.2) is 53.9 Å². The maximum atomic E-state index is 14.3. The summed E-state index contributed by atoms with van der Waals surface area (Å²) in [6.07, 6.45) is -6.60. The van der Waals surface area contributed by atoms with Crippen LogP contribution < -0.4 is 5.32 Å². The van der Waals surface area contributed by atoms with Gasteiger partial charge in [-0.05, 0) is 80.4 Å². The first kappa shape index (κ1) is 32.9. The lowest BCUT2D eigenvalue weighted by Gasteiger charge is -2.37. The number of amides is 2. The van der Waals surface area contributed by atoms with Crippen molar-refractivity contribution < 1.29 is 35.9 Å². The van der Waals surface area contributed by atoms with E-state index in [0.29, 0.717) is 48.1 Å². The fourth-order valence-electron chi connectivity index (χ4n) is 6.71. The van der Waals surface area contributed by atoms with Crippen molar-refractivity contribution in [3.63, 3.8) is 0 Å². The van der Waals surface area contributed by atoms with E-state index in [1.54, 1.807) is 5.38 Å². The summed E-state index contributed by atoms with van der Waals surface area (Å²) in [7, 11) is 1.39. The quantitative estimate of drug-likeness (QED) is 0.269. The number of hydrogen-bond donors (Lipinski definition) is 1. The van der Waals surface area contributed by atoms with Crippen LogP contribution in [-0.2, 0) is 33.9 Å². The third-order valence-corrected chi connectivity index (χ3v) is 9.66. The number of nitrogens with one attached hydrogen (secondary N) is 1. The number of piperidine rings is 1. The van der Waals surface area contributed by atoms with Crippen LogP contribution in [0.5, 0.6) is 0 Å². The molecule has 13 heteroatoms. The fourth-order valence-corrected chi connectivity index (χ4v) is 7.57. The normalized spacial score (nSPS) is 21.6. The molecule has 3 aromatic rings. The highest BCUT2D eigenvalue weighted by Gasteiger charge is 2.51. The van der Waals surface area contributed by atoms with Crippen molar-refractivity contribution in [1.29, 1.82) is 0 Å². The molecule has 2 aliphatic rings. The summed E-state index contributed by atoms with van der Waals surface area (Å²) in [6.45, 7) is 2.56. The van der Waals surface area contributed by atoms with Gasteiger partial charge in [-0.3, -0.25) is 9.59 Å². The number of carbonyl (C=O) groups is 2. The van der Waals surface area contributed by atoms with Crippen molar-refractivity contribution in [2.24, 2.45) is 0 Å². The number of anilines is 1. The molecule has 2 heterocycles. The van der Waals surface area contributed by atoms with Crippen molar-refractivity contribution in [2.45, 2.75) is 75.3 Å². The number of halogens is 6. The SMILES string of the molecule is CC(=O)Nc1nc(C2(C(=O)N(C)Cc3cc(C(F)(F)F)cc(C(F)(F)F)c3)CCC(N3CCC(c4ccccc4)CC3)C2)cs1. The predicted molar refractivity (Wildman–Crippen MR) is 159 cm³/mol. The van der Waals surface area contributed by atoms with Crippen LogP contribution in [0.2, 0.25) is 0 Å². The topological polar surface area (TPSA) is 65.5 Å². The molecule has 1 saturated carbocycles. The van der Waals surface area contributed by atoms with Gasteiger partial charge in [-0.1, -0.05) is 30.3 Å². The minimum absolute atomic E-state index is 0.0374. The van der Waals surface area contributed by atoms with Gasteiger partial charge in [-0.25, -0.2) is 4.98 Å². The number of likely N-dealkylation sites (tertiary alicyclic amines) is 1. The Bertz CT molecular complexity index is 1490. The summed E-state index contributed by atoms with van der Waals surface area (Å²) < 4.78 is 81.0. The number of benzene rings is 2. The van der Waals surface area contributed by atoms with E-state index in [-0.39, 0.29) is 23.6 Å². The van der Waals surface area contributed by atoms with Crippen molar-refractivity contribution in [2.75, 3.05) is 25.5 Å². The Morgan fingerprint density at radius 1 is 1.00 bits per heavy atom. The van der Waals surface area contributed by atoms with E-state index in [0.717, 1.165) is 37.3 Å². The summed E-state index contributed by atoms with van der Waals surface area (Å²) in [4.78, 5) is 34.1. The number of rotatable bonds is 7. The summed E-state index contributed by atoms with van der Waals surface area (Å²) in [6, 6.07) is 11.7. The lowest BCUT2D eigenvalue weighted by molar-refractivity contribution is -0.143. The average Bonchev–Trinajstić information content (AvgIpc) is 3.64. The lowest BCUT2D eigenvalue weighted by atomic mass is 9.81. The monoisotopic (exact) mass is 652 g/mol. The van der Waals surface area contributed by atoms with E-state index >= 15 is 0 Å². The first-order valence-corrected chi connectivity index (χ1v) is 15.6. The zero-order valence-corrected chi connectivity index (χ0v) is 25.7. The Kier molecular flexibility index (Phi) is 9.33. The van der Waals surface area contributed by atoms with Crippen molar-refractivity contribution in [3.8, 4) is 0 Å². The Hall–Kier alpha value is -3.45. The summed E-state index contributed by atoms with van der Waals surface area (Å²) >= 11 is 1.16. The second-order valence-electron chi connectivity index (χ2n) is 12.0. The fraction of sp³-hybridized carbons (Fsp3) is 0.469. The van der Waals surface area contributed by atoms with E-state index in [1.807, 2.05) is 18.2 Å². The molecule has 2 amide bonds. The molecule has 1 aromatic heterocycles. The highest BCUT2D eigenvalue weighted by molar-refractivity contribution is 7.14. The van der Waals surface area contributed by atoms with Crippen LogP contribution in [0, 0.1) is 0 Å². The number of aromatic nitrogens is 1. The van der Waals surface area contributed by atoms with E-state index in [1.165, 1.54) is 24.4 Å². The molecule has 242 valence electrons. The maximum absolute atomic E-state index is 14.3. The second kappa shape index (κ2) is 12.7. The molecule has 0 radical (unpaired) electrons. The number of hydrogen-bond acceptors (Lipinski definition) is 5. The van der Waals surface area contributed by atoms with E-state index in [4.69, 9.17) is 0 Å². The molecule has 1 N–H and O–H groups in total. The number of carbonyl (C=O) groups excluding carboxylic acids is 2. The Labute approximate surface area is 261 Å². The van der Waals surface area contributed by atoms with Gasteiger partial charge in [0.1, 0.15) is 0 Å². The highest BCUT2D eigenvalue weighted by atomic mass is 32.1. The van der Waals surface area contributed by atoms with Crippen molar-refractivity contribution in [3.05, 3.63) is 81.9 Å². The molecule has 2 fully saturated rings. The van der Waals surface area contributed by atoms with Crippen LogP contribution >= 0.6 is 11.3 Å². The van der Waals surface area contributed by atoms with Gasteiger partial charge in [-0.15, -0.1) is 11.3 Å². The second-order valence-corrected chi connectivity index (χ2v) is 12.9. The van der Waals surface area contributed by atoms with Crippen LogP contribution in [0.1, 0.15) is 72.9 Å². The predicted octanol–water partition coefficient (Wildman–Crippen LogP) is 7.47. The Morgan fingerprint density at radius 2 is 1.62 bits per heavy atom. The van der Waals surface area contributed by atoms with Crippen molar-refractivity contribution >= 4 is 28.3 Å². The molecule has 1 saturated heterocycles. The van der Waals surface area contributed by atoms with Gasteiger partial charge < -0.3 is 15.1 Å². The van der Waals surface area contributed by atoms with Crippen LogP contribution in [0.25, 0.3) is 0 Å². The molecule has 2 aromatic carbocycles. The molecule has 1 aliphatic carbocycles. The van der Waals surface area contributed by atoms with Crippen LogP contribution in [-0.4, -0.2) is 52.8 Å². The van der Waals surface area contributed by atoms with Gasteiger partial charge in [0.15, 0.2) is 5.13 Å². The first-order valence-electron chi connectivity index (χ1n) is 14.7. The van der Waals surface area contributed by atoms with Gasteiger partial charge in [0.25, 0.3) is 0 Å². The van der Waals surface area contributed by atoms with Gasteiger partial charge in [0.05, 0.1) is 22.2 Å². The third kappa shape index (κ3) is 7.35. The van der Waals surface area contributed by atoms with Gasteiger partial charge >= 0.3 is 12.4 Å². The lowest BCUT2D eigenvalue weighted by Crippen LogP contribution is -2.46. The standard InChI is InChI=1S/C32H34F6N4O2S/c1-20(43)39-29-40-27(19-45-29)30(11-8-26(17-30)42-12-9-23(10-13-42)22-6-4-3-5-7-22)28(44)41(2)18-21-14-24(31(33,34)35)16-25(15-21)32(36,37)38/h3-7,14-16,19,23,26H,8-13,17-18H2,1-2H3,(H,39,40,43). The molecule has 2 unspecified atom stereocenters. The number of likely N-dealkylation sites (N-methyl/N-ethyl adjacent to an activating group) is 1. The molecule has 45 heavy (non-hydrogen) atoms. The molecular formula is C32H34F6N4O2S. The van der Waals surface area contributed by atoms with E-state index < -0.39 is 41.3 Å². The van der Waals surface area contributed by atoms with Crippen LogP contribution in [0.4, 0.5) is 31.5 Å². The Morgan fingerprint density at radius 3 is 2.20 bits per heavy atom. The van der Waals surface area contributed by atoms with Crippen LogP contribution in [0.3, 0.4) is 0 Å². The zero-order chi connectivity index (χ0) is 32.6. The average molecular weight is 653 g/mol. The third-order valence-electron chi connectivity index (χ3n) is 8.91. The minimum Gasteiger partial charge on any atom is -0.341 e. The first-order chi connectivity index (χ1) is 21.2. The maximum Gasteiger partial charge on any atom is 0.416 e. The smallest absolute Gasteiger partial charge is 0.341 e. The minimum atomic E-state index is -4.99.